The second kappa shape index (κ2) is 7.23. The van der Waals surface area contributed by atoms with Gasteiger partial charge in [-0.3, -0.25) is 4.79 Å². The fourth-order valence-corrected chi connectivity index (χ4v) is 2.92. The van der Waals surface area contributed by atoms with Crippen LogP contribution in [0.4, 0.5) is 5.69 Å². The number of hydrogen-bond acceptors (Lipinski definition) is 2. The van der Waals surface area contributed by atoms with E-state index in [0.717, 1.165) is 29.0 Å². The lowest BCUT2D eigenvalue weighted by Gasteiger charge is -2.06. The lowest BCUT2D eigenvalue weighted by atomic mass is 10.1. The largest absolute Gasteiger partial charge is 0.326 e. The first-order chi connectivity index (χ1) is 12.8. The number of hydrogen-bond donors (Lipinski definition) is 1. The van der Waals surface area contributed by atoms with Crippen LogP contribution >= 0.6 is 0 Å². The fourth-order valence-electron chi connectivity index (χ4n) is 2.92. The molecule has 2 aromatic carbocycles. The SMILES string of the molecule is O=C(CCc1ccccc1)Nc1ccc(-c2cn3ccccc3n2)cc1. The molecular weight excluding hydrogens is 322 g/mol. The molecular formula is C22H19N3O. The molecule has 0 radical (unpaired) electrons. The second-order valence-electron chi connectivity index (χ2n) is 6.20. The molecule has 4 nitrogen and oxygen atoms in total. The number of carbonyl (C=O) groups excluding carboxylic acids is 1. The number of rotatable bonds is 5. The van der Waals surface area contributed by atoms with Crippen LogP contribution in [0.5, 0.6) is 0 Å². The van der Waals surface area contributed by atoms with Gasteiger partial charge in [0.2, 0.25) is 5.91 Å². The molecule has 0 spiro atoms. The maximum Gasteiger partial charge on any atom is 0.224 e. The predicted octanol–water partition coefficient (Wildman–Crippen LogP) is 4.57. The zero-order chi connectivity index (χ0) is 17.8. The zero-order valence-corrected chi connectivity index (χ0v) is 14.3. The van der Waals surface area contributed by atoms with Crippen molar-refractivity contribution >= 4 is 17.2 Å². The third-order valence-corrected chi connectivity index (χ3v) is 4.31. The molecule has 4 heteroatoms. The van der Waals surface area contributed by atoms with Crippen molar-refractivity contribution in [2.45, 2.75) is 12.8 Å². The third kappa shape index (κ3) is 3.64. The Hall–Kier alpha value is -3.40. The minimum Gasteiger partial charge on any atom is -0.326 e. The Labute approximate surface area is 152 Å². The number of nitrogens with one attached hydrogen (secondary N) is 1. The van der Waals surface area contributed by atoms with Crippen molar-refractivity contribution in [1.29, 1.82) is 0 Å². The van der Waals surface area contributed by atoms with Crippen LogP contribution in [0, 0.1) is 0 Å². The van der Waals surface area contributed by atoms with Crippen molar-refractivity contribution in [1.82, 2.24) is 9.38 Å². The summed E-state index contributed by atoms with van der Waals surface area (Å²) in [6, 6.07) is 23.8. The first kappa shape index (κ1) is 16.1. The molecule has 26 heavy (non-hydrogen) atoms. The molecule has 0 saturated heterocycles. The Kier molecular flexibility index (Phi) is 4.48. The number of fused-ring (bicyclic) bond motifs is 1. The van der Waals surface area contributed by atoms with Gasteiger partial charge in [-0.05, 0) is 36.2 Å². The van der Waals surface area contributed by atoms with Crippen LogP contribution in [0.25, 0.3) is 16.9 Å². The highest BCUT2D eigenvalue weighted by Crippen LogP contribution is 2.21. The van der Waals surface area contributed by atoms with Crippen LogP contribution in [0.2, 0.25) is 0 Å². The summed E-state index contributed by atoms with van der Waals surface area (Å²) < 4.78 is 1.99. The minimum absolute atomic E-state index is 0.0225. The molecule has 4 rings (SSSR count). The van der Waals surface area contributed by atoms with Crippen molar-refractivity contribution in [3.05, 3.63) is 90.8 Å². The summed E-state index contributed by atoms with van der Waals surface area (Å²) >= 11 is 0. The number of benzene rings is 2. The number of pyridine rings is 1. The monoisotopic (exact) mass is 341 g/mol. The van der Waals surface area contributed by atoms with E-state index in [2.05, 4.69) is 10.3 Å². The number of anilines is 1. The van der Waals surface area contributed by atoms with E-state index in [1.807, 2.05) is 89.6 Å². The van der Waals surface area contributed by atoms with Crippen molar-refractivity contribution < 1.29 is 4.79 Å². The van der Waals surface area contributed by atoms with Crippen LogP contribution in [0.3, 0.4) is 0 Å². The first-order valence-corrected chi connectivity index (χ1v) is 8.66. The standard InChI is InChI=1S/C22H19N3O/c26-22(14-9-17-6-2-1-3-7-17)23-19-12-10-18(11-13-19)20-16-25-15-5-4-8-21(25)24-20/h1-8,10-13,15-16H,9,14H2,(H,23,26). The summed E-state index contributed by atoms with van der Waals surface area (Å²) in [5.41, 5.74) is 4.83. The number of nitrogens with zero attached hydrogens (tertiary/aromatic N) is 2. The predicted molar refractivity (Wildman–Crippen MR) is 104 cm³/mol. The van der Waals surface area contributed by atoms with E-state index in [0.29, 0.717) is 6.42 Å². The first-order valence-electron chi connectivity index (χ1n) is 8.66. The molecule has 0 aliphatic rings. The normalized spacial score (nSPS) is 10.8. The molecule has 0 fully saturated rings. The topological polar surface area (TPSA) is 46.4 Å². The van der Waals surface area contributed by atoms with Crippen LogP contribution < -0.4 is 5.32 Å². The van der Waals surface area contributed by atoms with E-state index in [-0.39, 0.29) is 5.91 Å². The molecule has 0 aliphatic carbocycles. The van der Waals surface area contributed by atoms with Crippen molar-refractivity contribution in [3.8, 4) is 11.3 Å². The Morgan fingerprint density at radius 2 is 1.69 bits per heavy atom. The Morgan fingerprint density at radius 1 is 0.923 bits per heavy atom. The average Bonchev–Trinajstić information content (AvgIpc) is 3.12. The third-order valence-electron chi connectivity index (χ3n) is 4.31. The summed E-state index contributed by atoms with van der Waals surface area (Å²) in [4.78, 5) is 16.7. The zero-order valence-electron chi connectivity index (χ0n) is 14.3. The maximum atomic E-state index is 12.1. The van der Waals surface area contributed by atoms with Gasteiger partial charge in [0.05, 0.1) is 5.69 Å². The van der Waals surface area contributed by atoms with Gasteiger partial charge >= 0.3 is 0 Å². The average molecular weight is 341 g/mol. The Balaban J connectivity index is 1.40. The molecule has 128 valence electrons. The summed E-state index contributed by atoms with van der Waals surface area (Å²) in [6.45, 7) is 0. The molecule has 0 atom stereocenters. The molecule has 0 aliphatic heterocycles. The van der Waals surface area contributed by atoms with E-state index in [1.54, 1.807) is 0 Å². The van der Waals surface area contributed by atoms with Crippen LogP contribution in [0.15, 0.2) is 85.2 Å². The van der Waals surface area contributed by atoms with Gasteiger partial charge in [-0.1, -0.05) is 48.5 Å². The summed E-state index contributed by atoms with van der Waals surface area (Å²) in [7, 11) is 0. The van der Waals surface area contributed by atoms with E-state index >= 15 is 0 Å². The van der Waals surface area contributed by atoms with Crippen LogP contribution in [-0.2, 0) is 11.2 Å². The summed E-state index contributed by atoms with van der Waals surface area (Å²) in [5, 5.41) is 2.95. The van der Waals surface area contributed by atoms with Crippen LogP contribution in [-0.4, -0.2) is 15.3 Å². The van der Waals surface area contributed by atoms with Gasteiger partial charge in [0.25, 0.3) is 0 Å². The number of amides is 1. The van der Waals surface area contributed by atoms with E-state index in [1.165, 1.54) is 5.56 Å². The van der Waals surface area contributed by atoms with Crippen molar-refractivity contribution in [3.63, 3.8) is 0 Å². The van der Waals surface area contributed by atoms with Crippen molar-refractivity contribution in [2.75, 3.05) is 5.32 Å². The van der Waals surface area contributed by atoms with Gasteiger partial charge in [-0.25, -0.2) is 4.98 Å². The lowest BCUT2D eigenvalue weighted by molar-refractivity contribution is -0.116. The van der Waals surface area contributed by atoms with Gasteiger partial charge in [-0.15, -0.1) is 0 Å². The number of aryl methyl sites for hydroxylation is 1. The van der Waals surface area contributed by atoms with Crippen molar-refractivity contribution in [2.24, 2.45) is 0 Å². The highest BCUT2D eigenvalue weighted by molar-refractivity contribution is 5.91. The number of aromatic nitrogens is 2. The molecule has 0 unspecified atom stereocenters. The van der Waals surface area contributed by atoms with Crippen LogP contribution in [0.1, 0.15) is 12.0 Å². The molecule has 4 aromatic rings. The van der Waals surface area contributed by atoms with E-state index in [9.17, 15) is 4.79 Å². The molecule has 1 amide bonds. The summed E-state index contributed by atoms with van der Waals surface area (Å²) in [5.74, 6) is 0.0225. The highest BCUT2D eigenvalue weighted by atomic mass is 16.1. The lowest BCUT2D eigenvalue weighted by Crippen LogP contribution is -2.12. The Morgan fingerprint density at radius 3 is 2.46 bits per heavy atom. The second-order valence-corrected chi connectivity index (χ2v) is 6.20. The number of imidazole rings is 1. The van der Waals surface area contributed by atoms with E-state index in [4.69, 9.17) is 0 Å². The molecule has 0 bridgehead atoms. The smallest absolute Gasteiger partial charge is 0.224 e. The van der Waals surface area contributed by atoms with Gasteiger partial charge in [0, 0.05) is 30.1 Å². The molecule has 0 saturated carbocycles. The van der Waals surface area contributed by atoms with Gasteiger partial charge < -0.3 is 9.72 Å². The van der Waals surface area contributed by atoms with Gasteiger partial charge in [0.15, 0.2) is 0 Å². The Bertz CT molecular complexity index is 987. The van der Waals surface area contributed by atoms with Gasteiger partial charge in [-0.2, -0.15) is 0 Å². The molecule has 2 aromatic heterocycles. The quantitative estimate of drug-likeness (QED) is 0.578. The molecule has 1 N–H and O–H groups in total. The summed E-state index contributed by atoms with van der Waals surface area (Å²) in [6.07, 6.45) is 5.19. The fraction of sp³-hybridized carbons (Fsp3) is 0.0909. The van der Waals surface area contributed by atoms with E-state index < -0.39 is 0 Å². The van der Waals surface area contributed by atoms with Gasteiger partial charge in [0.1, 0.15) is 5.65 Å². The minimum atomic E-state index is 0.0225. The highest BCUT2D eigenvalue weighted by Gasteiger charge is 2.06. The number of carbonyl (C=O) groups is 1. The maximum absolute atomic E-state index is 12.1. The molecule has 2 heterocycles.